The molecule has 1 aliphatic rings. The van der Waals surface area contributed by atoms with Crippen LogP contribution in [0.5, 0.6) is 5.75 Å². The zero-order chi connectivity index (χ0) is 14.1. The van der Waals surface area contributed by atoms with E-state index < -0.39 is 0 Å². The standard InChI is InChI=1S/C15H11ClN2O2/c1-20-11-5-3-10(4-6-11)17-14-12-7-2-9(16)8-13(12)18-15(14)19/h2-8H,1H3,(H,17,18,19). The summed E-state index contributed by atoms with van der Waals surface area (Å²) in [5, 5.41) is 3.33. The van der Waals surface area contributed by atoms with Crippen molar-refractivity contribution in [2.45, 2.75) is 0 Å². The molecule has 0 aromatic heterocycles. The number of ether oxygens (including phenoxy) is 1. The Bertz CT molecular complexity index is 708. The Hall–Kier alpha value is -2.33. The fraction of sp³-hybridized carbons (Fsp3) is 0.0667. The summed E-state index contributed by atoms with van der Waals surface area (Å²) in [7, 11) is 1.60. The number of rotatable bonds is 2. The van der Waals surface area contributed by atoms with E-state index in [0.717, 1.165) is 11.3 Å². The molecule has 1 N–H and O–H groups in total. The lowest BCUT2D eigenvalue weighted by molar-refractivity contribution is -0.110. The minimum absolute atomic E-state index is 0.224. The van der Waals surface area contributed by atoms with E-state index in [1.807, 2.05) is 0 Å². The number of hydrogen-bond acceptors (Lipinski definition) is 3. The van der Waals surface area contributed by atoms with Crippen molar-refractivity contribution in [3.8, 4) is 5.75 Å². The van der Waals surface area contributed by atoms with Gasteiger partial charge in [0.15, 0.2) is 0 Å². The number of nitrogens with zero attached hydrogens (tertiary/aromatic N) is 1. The molecule has 4 nitrogen and oxygen atoms in total. The molecule has 0 atom stereocenters. The van der Waals surface area contributed by atoms with Crippen molar-refractivity contribution in [1.82, 2.24) is 0 Å². The number of methoxy groups -OCH3 is 1. The molecular formula is C15H11ClN2O2. The maximum atomic E-state index is 12.0. The van der Waals surface area contributed by atoms with Gasteiger partial charge in [0.1, 0.15) is 11.5 Å². The van der Waals surface area contributed by atoms with Gasteiger partial charge in [-0.15, -0.1) is 0 Å². The first kappa shape index (κ1) is 12.7. The zero-order valence-electron chi connectivity index (χ0n) is 10.7. The summed E-state index contributed by atoms with van der Waals surface area (Å²) >= 11 is 5.91. The predicted molar refractivity (Wildman–Crippen MR) is 79.3 cm³/mol. The van der Waals surface area contributed by atoms with Crippen LogP contribution in [0.2, 0.25) is 5.02 Å². The quantitative estimate of drug-likeness (QED) is 0.919. The number of amides is 1. The highest BCUT2D eigenvalue weighted by molar-refractivity contribution is 6.54. The van der Waals surface area contributed by atoms with Gasteiger partial charge in [-0.3, -0.25) is 4.79 Å². The van der Waals surface area contributed by atoms with E-state index in [0.29, 0.717) is 22.1 Å². The van der Waals surface area contributed by atoms with Gasteiger partial charge in [-0.25, -0.2) is 4.99 Å². The Labute approximate surface area is 121 Å². The fourth-order valence-electron chi connectivity index (χ4n) is 2.03. The minimum Gasteiger partial charge on any atom is -0.497 e. The lowest BCUT2D eigenvalue weighted by Gasteiger charge is -2.01. The number of nitrogens with one attached hydrogen (secondary N) is 1. The summed E-state index contributed by atoms with van der Waals surface area (Å²) in [5.74, 6) is 0.523. The van der Waals surface area contributed by atoms with Gasteiger partial charge < -0.3 is 10.1 Å². The van der Waals surface area contributed by atoms with Crippen LogP contribution in [0, 0.1) is 0 Å². The first-order valence-electron chi connectivity index (χ1n) is 6.01. The summed E-state index contributed by atoms with van der Waals surface area (Å²) < 4.78 is 5.09. The molecule has 0 saturated heterocycles. The monoisotopic (exact) mass is 286 g/mol. The van der Waals surface area contributed by atoms with Crippen molar-refractivity contribution >= 4 is 34.6 Å². The topological polar surface area (TPSA) is 50.7 Å². The minimum atomic E-state index is -0.224. The molecule has 5 heteroatoms. The number of anilines is 1. The molecule has 100 valence electrons. The van der Waals surface area contributed by atoms with Gasteiger partial charge in [0.05, 0.1) is 18.5 Å². The van der Waals surface area contributed by atoms with Crippen LogP contribution in [-0.4, -0.2) is 18.7 Å². The Morgan fingerprint density at radius 2 is 1.90 bits per heavy atom. The molecular weight excluding hydrogens is 276 g/mol. The number of aliphatic imine (C=N–C) groups is 1. The molecule has 2 aromatic carbocycles. The Morgan fingerprint density at radius 3 is 2.60 bits per heavy atom. The summed E-state index contributed by atoms with van der Waals surface area (Å²) in [6.07, 6.45) is 0. The van der Waals surface area contributed by atoms with Crippen molar-refractivity contribution in [3.63, 3.8) is 0 Å². The third-order valence-electron chi connectivity index (χ3n) is 3.01. The molecule has 0 aliphatic carbocycles. The molecule has 20 heavy (non-hydrogen) atoms. The van der Waals surface area contributed by atoms with Crippen LogP contribution in [0.1, 0.15) is 5.56 Å². The van der Waals surface area contributed by atoms with Gasteiger partial charge in [0, 0.05) is 10.6 Å². The summed E-state index contributed by atoms with van der Waals surface area (Å²) in [6.45, 7) is 0. The van der Waals surface area contributed by atoms with Crippen molar-refractivity contribution in [2.75, 3.05) is 12.4 Å². The van der Waals surface area contributed by atoms with Crippen LogP contribution >= 0.6 is 11.6 Å². The second-order valence-electron chi connectivity index (χ2n) is 4.30. The number of carbonyl (C=O) groups excluding carboxylic acids is 1. The van der Waals surface area contributed by atoms with Crippen LogP contribution < -0.4 is 10.1 Å². The molecule has 0 fully saturated rings. The Kier molecular flexibility index (Phi) is 3.16. The lowest BCUT2D eigenvalue weighted by atomic mass is 10.1. The van der Waals surface area contributed by atoms with Crippen molar-refractivity contribution in [3.05, 3.63) is 53.1 Å². The van der Waals surface area contributed by atoms with E-state index >= 15 is 0 Å². The van der Waals surface area contributed by atoms with Crippen LogP contribution in [0.25, 0.3) is 0 Å². The zero-order valence-corrected chi connectivity index (χ0v) is 11.4. The summed E-state index contributed by atoms with van der Waals surface area (Å²) in [4.78, 5) is 16.4. The van der Waals surface area contributed by atoms with Crippen molar-refractivity contribution in [1.29, 1.82) is 0 Å². The second-order valence-corrected chi connectivity index (χ2v) is 4.74. The number of halogens is 1. The number of fused-ring (bicyclic) bond motifs is 1. The first-order chi connectivity index (χ1) is 9.67. The first-order valence-corrected chi connectivity index (χ1v) is 6.39. The molecule has 0 unspecified atom stereocenters. The molecule has 1 amide bonds. The SMILES string of the molecule is COc1ccc(N=C2C(=O)Nc3cc(Cl)ccc32)cc1. The van der Waals surface area contributed by atoms with E-state index in [-0.39, 0.29) is 5.91 Å². The van der Waals surface area contributed by atoms with E-state index in [4.69, 9.17) is 16.3 Å². The number of benzene rings is 2. The lowest BCUT2D eigenvalue weighted by Crippen LogP contribution is -2.13. The van der Waals surface area contributed by atoms with Gasteiger partial charge in [0.25, 0.3) is 5.91 Å². The summed E-state index contributed by atoms with van der Waals surface area (Å²) in [6, 6.07) is 12.4. The molecule has 0 saturated carbocycles. The van der Waals surface area contributed by atoms with Gasteiger partial charge >= 0.3 is 0 Å². The third-order valence-corrected chi connectivity index (χ3v) is 3.25. The average Bonchev–Trinajstić information content (AvgIpc) is 2.75. The summed E-state index contributed by atoms with van der Waals surface area (Å²) in [5.41, 5.74) is 2.53. The maximum Gasteiger partial charge on any atom is 0.275 e. The van der Waals surface area contributed by atoms with Crippen LogP contribution in [0.4, 0.5) is 11.4 Å². The van der Waals surface area contributed by atoms with E-state index in [1.165, 1.54) is 0 Å². The van der Waals surface area contributed by atoms with E-state index in [1.54, 1.807) is 49.6 Å². The van der Waals surface area contributed by atoms with E-state index in [9.17, 15) is 4.79 Å². The largest absolute Gasteiger partial charge is 0.497 e. The molecule has 0 radical (unpaired) electrons. The van der Waals surface area contributed by atoms with Gasteiger partial charge in [-0.2, -0.15) is 0 Å². The van der Waals surface area contributed by atoms with Crippen molar-refractivity contribution < 1.29 is 9.53 Å². The third kappa shape index (κ3) is 2.26. The Morgan fingerprint density at radius 1 is 1.15 bits per heavy atom. The predicted octanol–water partition coefficient (Wildman–Crippen LogP) is 3.42. The number of hydrogen-bond donors (Lipinski definition) is 1. The average molecular weight is 287 g/mol. The number of carbonyl (C=O) groups is 1. The van der Waals surface area contributed by atoms with Gasteiger partial charge in [-0.1, -0.05) is 11.6 Å². The van der Waals surface area contributed by atoms with E-state index in [2.05, 4.69) is 10.3 Å². The normalized spacial score (nSPS) is 15.1. The van der Waals surface area contributed by atoms with Crippen LogP contribution in [0.3, 0.4) is 0 Å². The van der Waals surface area contributed by atoms with Crippen LogP contribution in [-0.2, 0) is 4.79 Å². The van der Waals surface area contributed by atoms with Gasteiger partial charge in [-0.05, 0) is 42.5 Å². The molecule has 1 aliphatic heterocycles. The molecule has 1 heterocycles. The smallest absolute Gasteiger partial charge is 0.275 e. The maximum absolute atomic E-state index is 12.0. The second kappa shape index (κ2) is 4.98. The fourth-order valence-corrected chi connectivity index (χ4v) is 2.20. The van der Waals surface area contributed by atoms with Crippen LogP contribution in [0.15, 0.2) is 47.5 Å². The van der Waals surface area contributed by atoms with Gasteiger partial charge in [0.2, 0.25) is 0 Å². The van der Waals surface area contributed by atoms with Crippen molar-refractivity contribution in [2.24, 2.45) is 4.99 Å². The molecule has 2 aromatic rings. The highest BCUT2D eigenvalue weighted by Crippen LogP contribution is 2.28. The highest BCUT2D eigenvalue weighted by Gasteiger charge is 2.25. The Balaban J connectivity index is 2.01. The molecule has 0 bridgehead atoms. The molecule has 3 rings (SSSR count). The molecule has 0 spiro atoms. The highest BCUT2D eigenvalue weighted by atomic mass is 35.5.